The Kier molecular flexibility index (Phi) is 5.30. The zero-order chi connectivity index (χ0) is 20.8. The SMILES string of the molecule is CCOC(=O)c1c(C)[nH]c(C(=O)COC(=O)CC23CC4CC(CC(C4)C2)C3)c1C. The van der Waals surface area contributed by atoms with Crippen molar-refractivity contribution in [2.24, 2.45) is 23.2 Å². The van der Waals surface area contributed by atoms with Crippen LogP contribution in [-0.4, -0.2) is 35.9 Å². The fourth-order valence-electron chi connectivity index (χ4n) is 6.62. The molecular weight excluding hydrogens is 370 g/mol. The van der Waals surface area contributed by atoms with Crippen LogP contribution in [0.15, 0.2) is 0 Å². The molecule has 4 fully saturated rings. The van der Waals surface area contributed by atoms with Gasteiger partial charge in [-0.2, -0.15) is 0 Å². The predicted molar refractivity (Wildman–Crippen MR) is 107 cm³/mol. The molecule has 0 aliphatic heterocycles. The van der Waals surface area contributed by atoms with Crippen molar-refractivity contribution in [3.8, 4) is 0 Å². The van der Waals surface area contributed by atoms with Crippen LogP contribution in [-0.2, 0) is 14.3 Å². The largest absolute Gasteiger partial charge is 0.462 e. The summed E-state index contributed by atoms with van der Waals surface area (Å²) in [4.78, 5) is 40.2. The van der Waals surface area contributed by atoms with Crippen molar-refractivity contribution in [2.75, 3.05) is 13.2 Å². The van der Waals surface area contributed by atoms with Crippen LogP contribution in [0.2, 0.25) is 0 Å². The van der Waals surface area contributed by atoms with E-state index < -0.39 is 5.97 Å². The molecule has 4 saturated carbocycles. The quantitative estimate of drug-likeness (QED) is 0.548. The highest BCUT2D eigenvalue weighted by Gasteiger charge is 2.51. The van der Waals surface area contributed by atoms with Crippen molar-refractivity contribution < 1.29 is 23.9 Å². The molecule has 158 valence electrons. The van der Waals surface area contributed by atoms with Gasteiger partial charge >= 0.3 is 11.9 Å². The lowest BCUT2D eigenvalue weighted by molar-refractivity contribution is -0.150. The number of Topliss-reactive ketones (excluding diaryl/α,β-unsaturated/α-hetero) is 1. The van der Waals surface area contributed by atoms with Gasteiger partial charge in [0.2, 0.25) is 5.78 Å². The summed E-state index contributed by atoms with van der Waals surface area (Å²) in [6.45, 7) is 5.15. The smallest absolute Gasteiger partial charge is 0.340 e. The van der Waals surface area contributed by atoms with Crippen LogP contribution in [0, 0.1) is 37.0 Å². The molecule has 4 aliphatic rings. The molecule has 0 atom stereocenters. The van der Waals surface area contributed by atoms with E-state index in [-0.39, 0.29) is 30.4 Å². The number of ketones is 1. The number of aryl methyl sites for hydroxylation is 1. The number of ether oxygens (including phenoxy) is 2. The molecule has 29 heavy (non-hydrogen) atoms. The van der Waals surface area contributed by atoms with Gasteiger partial charge in [0.25, 0.3) is 0 Å². The second kappa shape index (κ2) is 7.62. The van der Waals surface area contributed by atoms with Gasteiger partial charge in [0.15, 0.2) is 6.61 Å². The van der Waals surface area contributed by atoms with Gasteiger partial charge in [-0.3, -0.25) is 9.59 Å². The second-order valence-electron chi connectivity index (χ2n) is 9.52. The molecule has 1 aromatic rings. The third-order valence-corrected chi connectivity index (χ3v) is 7.24. The molecule has 5 rings (SSSR count). The Labute approximate surface area is 171 Å². The van der Waals surface area contributed by atoms with Crippen molar-refractivity contribution >= 4 is 17.7 Å². The number of carbonyl (C=O) groups is 3. The third kappa shape index (κ3) is 3.86. The van der Waals surface area contributed by atoms with Gasteiger partial charge in [-0.05, 0) is 88.0 Å². The van der Waals surface area contributed by atoms with Gasteiger partial charge in [0.05, 0.1) is 24.3 Å². The number of H-pyrrole nitrogens is 1. The lowest BCUT2D eigenvalue weighted by Crippen LogP contribution is -2.47. The average Bonchev–Trinajstić information content (AvgIpc) is 2.92. The molecule has 1 aromatic heterocycles. The summed E-state index contributed by atoms with van der Waals surface area (Å²) in [5.41, 5.74) is 1.93. The number of hydrogen-bond acceptors (Lipinski definition) is 5. The monoisotopic (exact) mass is 401 g/mol. The van der Waals surface area contributed by atoms with Crippen LogP contribution in [0.25, 0.3) is 0 Å². The maximum Gasteiger partial charge on any atom is 0.340 e. The number of rotatable bonds is 7. The Balaban J connectivity index is 1.36. The highest BCUT2D eigenvalue weighted by atomic mass is 16.5. The van der Waals surface area contributed by atoms with Crippen LogP contribution in [0.4, 0.5) is 0 Å². The first-order chi connectivity index (χ1) is 13.8. The van der Waals surface area contributed by atoms with E-state index in [0.717, 1.165) is 37.0 Å². The molecule has 1 N–H and O–H groups in total. The lowest BCUT2D eigenvalue weighted by Gasteiger charge is -2.56. The van der Waals surface area contributed by atoms with Crippen molar-refractivity contribution in [2.45, 2.75) is 65.7 Å². The van der Waals surface area contributed by atoms with E-state index in [1.165, 1.54) is 19.3 Å². The Bertz CT molecular complexity index is 801. The summed E-state index contributed by atoms with van der Waals surface area (Å²) >= 11 is 0. The highest BCUT2D eigenvalue weighted by Crippen LogP contribution is 2.61. The maximum absolute atomic E-state index is 12.6. The second-order valence-corrected chi connectivity index (χ2v) is 9.52. The van der Waals surface area contributed by atoms with E-state index in [4.69, 9.17) is 9.47 Å². The van der Waals surface area contributed by atoms with E-state index in [0.29, 0.717) is 28.9 Å². The van der Waals surface area contributed by atoms with Gasteiger partial charge in [0.1, 0.15) is 0 Å². The molecule has 0 amide bonds. The predicted octanol–water partition coefficient (Wildman–Crippen LogP) is 4.14. The van der Waals surface area contributed by atoms with Gasteiger partial charge < -0.3 is 14.5 Å². The first-order valence-corrected chi connectivity index (χ1v) is 10.9. The van der Waals surface area contributed by atoms with Crippen LogP contribution in [0.1, 0.15) is 84.0 Å². The number of nitrogens with one attached hydrogen (secondary N) is 1. The Morgan fingerprint density at radius 1 is 1.00 bits per heavy atom. The minimum atomic E-state index is -0.448. The first-order valence-electron chi connectivity index (χ1n) is 10.9. The highest BCUT2D eigenvalue weighted by molar-refractivity contribution is 6.02. The van der Waals surface area contributed by atoms with Crippen LogP contribution in [0.5, 0.6) is 0 Å². The van der Waals surface area contributed by atoms with Gasteiger partial charge in [-0.1, -0.05) is 0 Å². The average molecular weight is 402 g/mol. The minimum Gasteiger partial charge on any atom is -0.462 e. The van der Waals surface area contributed by atoms with Crippen molar-refractivity contribution in [1.82, 2.24) is 4.98 Å². The number of esters is 2. The number of hydrogen-bond donors (Lipinski definition) is 1. The van der Waals surface area contributed by atoms with Gasteiger partial charge in [0, 0.05) is 5.69 Å². The summed E-state index contributed by atoms with van der Waals surface area (Å²) in [6, 6.07) is 0. The molecule has 4 bridgehead atoms. The molecule has 6 heteroatoms. The van der Waals surface area contributed by atoms with Crippen molar-refractivity contribution in [3.63, 3.8) is 0 Å². The summed E-state index contributed by atoms with van der Waals surface area (Å²) in [5.74, 6) is 1.30. The molecule has 1 heterocycles. The van der Waals surface area contributed by atoms with Crippen molar-refractivity contribution in [3.05, 3.63) is 22.5 Å². The summed E-state index contributed by atoms with van der Waals surface area (Å²) in [6.07, 6.45) is 7.85. The van der Waals surface area contributed by atoms with Crippen molar-refractivity contribution in [1.29, 1.82) is 0 Å². The number of aromatic nitrogens is 1. The van der Waals surface area contributed by atoms with Gasteiger partial charge in [-0.15, -0.1) is 0 Å². The summed E-state index contributed by atoms with van der Waals surface area (Å²) in [5, 5.41) is 0. The molecule has 6 nitrogen and oxygen atoms in total. The third-order valence-electron chi connectivity index (χ3n) is 7.24. The normalized spacial score (nSPS) is 29.7. The Hall–Kier alpha value is -2.11. The van der Waals surface area contributed by atoms with Crippen LogP contribution >= 0.6 is 0 Å². The molecule has 0 radical (unpaired) electrons. The molecule has 0 unspecified atom stereocenters. The van der Waals surface area contributed by atoms with E-state index in [1.54, 1.807) is 20.8 Å². The zero-order valence-corrected chi connectivity index (χ0v) is 17.6. The summed E-state index contributed by atoms with van der Waals surface area (Å²) in [7, 11) is 0. The molecule has 4 aliphatic carbocycles. The van der Waals surface area contributed by atoms with E-state index in [9.17, 15) is 14.4 Å². The fourth-order valence-corrected chi connectivity index (χ4v) is 6.62. The fraction of sp³-hybridized carbons (Fsp3) is 0.696. The molecule has 0 aromatic carbocycles. The number of carbonyl (C=O) groups excluding carboxylic acids is 3. The maximum atomic E-state index is 12.6. The van der Waals surface area contributed by atoms with Crippen LogP contribution in [0.3, 0.4) is 0 Å². The van der Waals surface area contributed by atoms with E-state index in [2.05, 4.69) is 4.98 Å². The topological polar surface area (TPSA) is 85.5 Å². The van der Waals surface area contributed by atoms with Crippen LogP contribution < -0.4 is 0 Å². The zero-order valence-electron chi connectivity index (χ0n) is 17.6. The van der Waals surface area contributed by atoms with E-state index in [1.807, 2.05) is 0 Å². The minimum absolute atomic E-state index is 0.102. The standard InChI is InChI=1S/C23H31NO5/c1-4-28-22(27)20-13(2)21(24-14(20)3)18(25)12-29-19(26)11-23-8-15-5-16(9-23)7-17(6-15)10-23/h15-17,24H,4-12H2,1-3H3. The number of aromatic amines is 1. The Morgan fingerprint density at radius 2 is 1.59 bits per heavy atom. The van der Waals surface area contributed by atoms with Gasteiger partial charge in [-0.25, -0.2) is 4.79 Å². The molecular formula is C23H31NO5. The molecule has 0 spiro atoms. The Morgan fingerprint density at radius 3 is 2.14 bits per heavy atom. The lowest BCUT2D eigenvalue weighted by atomic mass is 9.49. The first kappa shape index (κ1) is 20.2. The molecule has 0 saturated heterocycles. The van der Waals surface area contributed by atoms with E-state index >= 15 is 0 Å². The summed E-state index contributed by atoms with van der Waals surface area (Å²) < 4.78 is 10.4.